The second kappa shape index (κ2) is 5.46. The summed E-state index contributed by atoms with van der Waals surface area (Å²) in [4.78, 5) is 25.1. The maximum atomic E-state index is 12.6. The van der Waals surface area contributed by atoms with E-state index in [1.165, 1.54) is 0 Å². The van der Waals surface area contributed by atoms with E-state index in [9.17, 15) is 4.79 Å². The zero-order valence-corrected chi connectivity index (χ0v) is 12.0. The van der Waals surface area contributed by atoms with Gasteiger partial charge in [0.25, 0.3) is 5.91 Å². The first-order valence-electron chi connectivity index (χ1n) is 7.05. The molecule has 2 aliphatic rings. The van der Waals surface area contributed by atoms with E-state index in [0.29, 0.717) is 18.8 Å². The number of aromatic nitrogens is 2. The Bertz CT molecular complexity index is 490. The predicted octanol–water partition coefficient (Wildman–Crippen LogP) is 0.330. The second-order valence-corrected chi connectivity index (χ2v) is 5.57. The van der Waals surface area contributed by atoms with E-state index < -0.39 is 0 Å². The van der Waals surface area contributed by atoms with E-state index in [2.05, 4.69) is 21.9 Å². The molecule has 0 N–H and O–H groups in total. The van der Waals surface area contributed by atoms with Crippen LogP contribution in [0.4, 0.5) is 0 Å². The summed E-state index contributed by atoms with van der Waals surface area (Å²) < 4.78 is 5.81. The van der Waals surface area contributed by atoms with Gasteiger partial charge in [-0.2, -0.15) is 0 Å². The van der Waals surface area contributed by atoms with Gasteiger partial charge in [0, 0.05) is 25.8 Å². The van der Waals surface area contributed by atoms with Crippen LogP contribution in [-0.4, -0.2) is 71.1 Å². The smallest absolute Gasteiger partial charge is 0.274 e. The fraction of sp³-hybridized carbons (Fsp3) is 0.643. The second-order valence-electron chi connectivity index (χ2n) is 5.57. The molecule has 2 atom stereocenters. The van der Waals surface area contributed by atoms with Crippen LogP contribution in [0.5, 0.6) is 0 Å². The van der Waals surface area contributed by atoms with Gasteiger partial charge in [0.15, 0.2) is 0 Å². The molecular weight excluding hydrogens is 256 g/mol. The molecule has 0 radical (unpaired) electrons. The predicted molar refractivity (Wildman–Crippen MR) is 73.4 cm³/mol. The Balaban J connectivity index is 1.80. The Morgan fingerprint density at radius 3 is 2.95 bits per heavy atom. The minimum atomic E-state index is -0.0360. The van der Waals surface area contributed by atoms with E-state index >= 15 is 0 Å². The van der Waals surface area contributed by atoms with Crippen LogP contribution >= 0.6 is 0 Å². The molecule has 3 rings (SSSR count). The molecule has 108 valence electrons. The van der Waals surface area contributed by atoms with Crippen LogP contribution in [-0.2, 0) is 4.74 Å². The number of aryl methyl sites for hydroxylation is 1. The van der Waals surface area contributed by atoms with E-state index in [4.69, 9.17) is 4.74 Å². The number of rotatable bonds is 1. The molecule has 6 heteroatoms. The average molecular weight is 276 g/mol. The molecule has 20 heavy (non-hydrogen) atoms. The van der Waals surface area contributed by atoms with Crippen molar-refractivity contribution in [2.45, 2.75) is 25.5 Å². The van der Waals surface area contributed by atoms with Crippen molar-refractivity contribution in [2.75, 3.05) is 33.3 Å². The molecule has 0 saturated carbocycles. The number of amides is 1. The zero-order valence-electron chi connectivity index (χ0n) is 12.0. The lowest BCUT2D eigenvalue weighted by molar-refractivity contribution is -0.0871. The first-order chi connectivity index (χ1) is 9.65. The maximum Gasteiger partial charge on any atom is 0.274 e. The Kier molecular flexibility index (Phi) is 3.67. The normalized spacial score (nSPS) is 27.2. The number of ether oxygens (including phenoxy) is 1. The van der Waals surface area contributed by atoms with Gasteiger partial charge < -0.3 is 14.5 Å². The van der Waals surface area contributed by atoms with E-state index in [0.717, 1.165) is 25.2 Å². The summed E-state index contributed by atoms with van der Waals surface area (Å²) in [6.07, 6.45) is 4.33. The third-order valence-electron chi connectivity index (χ3n) is 4.05. The molecule has 2 fully saturated rings. The quantitative estimate of drug-likeness (QED) is 0.740. The molecule has 2 aliphatic heterocycles. The van der Waals surface area contributed by atoms with E-state index in [1.807, 2.05) is 11.8 Å². The van der Waals surface area contributed by atoms with Crippen molar-refractivity contribution >= 4 is 5.91 Å². The summed E-state index contributed by atoms with van der Waals surface area (Å²) in [6, 6.07) is 0.123. The van der Waals surface area contributed by atoms with Gasteiger partial charge in [0.05, 0.1) is 30.6 Å². The lowest BCUT2D eigenvalue weighted by atomic mass is 9.99. The van der Waals surface area contributed by atoms with Gasteiger partial charge in [-0.3, -0.25) is 9.78 Å². The number of fused-ring (bicyclic) bond motifs is 1. The van der Waals surface area contributed by atoms with Crippen LogP contribution < -0.4 is 0 Å². The van der Waals surface area contributed by atoms with Crippen LogP contribution in [0.1, 0.15) is 22.6 Å². The third kappa shape index (κ3) is 2.53. The molecule has 3 heterocycles. The summed E-state index contributed by atoms with van der Waals surface area (Å²) in [5.74, 6) is -0.0360. The zero-order chi connectivity index (χ0) is 14.1. The first-order valence-corrected chi connectivity index (χ1v) is 7.05. The molecule has 0 aromatic carbocycles. The van der Waals surface area contributed by atoms with Crippen molar-refractivity contribution in [1.29, 1.82) is 0 Å². The van der Waals surface area contributed by atoms with Crippen molar-refractivity contribution in [3.63, 3.8) is 0 Å². The molecule has 1 amide bonds. The summed E-state index contributed by atoms with van der Waals surface area (Å²) in [7, 11) is 2.08. The van der Waals surface area contributed by atoms with Gasteiger partial charge >= 0.3 is 0 Å². The number of likely N-dealkylation sites (N-methyl/N-ethyl adjacent to an activating group) is 1. The van der Waals surface area contributed by atoms with Crippen molar-refractivity contribution in [3.05, 3.63) is 23.8 Å². The number of carbonyl (C=O) groups excluding carboxylic acids is 1. The van der Waals surface area contributed by atoms with Crippen LogP contribution in [0.3, 0.4) is 0 Å². The highest BCUT2D eigenvalue weighted by atomic mass is 16.5. The van der Waals surface area contributed by atoms with Crippen molar-refractivity contribution in [3.8, 4) is 0 Å². The van der Waals surface area contributed by atoms with E-state index in [1.54, 1.807) is 12.4 Å². The molecule has 0 unspecified atom stereocenters. The molecule has 6 nitrogen and oxygen atoms in total. The van der Waals surface area contributed by atoms with Crippen LogP contribution in [0, 0.1) is 6.92 Å². The van der Waals surface area contributed by atoms with Gasteiger partial charge in [0.2, 0.25) is 0 Å². The van der Waals surface area contributed by atoms with Gasteiger partial charge in [0.1, 0.15) is 5.69 Å². The Hall–Kier alpha value is -1.53. The van der Waals surface area contributed by atoms with Crippen molar-refractivity contribution < 1.29 is 9.53 Å². The van der Waals surface area contributed by atoms with E-state index in [-0.39, 0.29) is 18.1 Å². The number of hydrogen-bond donors (Lipinski definition) is 0. The van der Waals surface area contributed by atoms with Crippen molar-refractivity contribution in [2.24, 2.45) is 0 Å². The standard InChI is InChI=1S/C14H20N4O2/c1-10-7-16-11(8-15-10)14(19)18-5-6-20-13-3-4-17(2)9-12(13)18/h7-8,12-13H,3-6,9H2,1-2H3/t12-,13+/m1/s1. The molecule has 1 aromatic heterocycles. The summed E-state index contributed by atoms with van der Waals surface area (Å²) in [5.41, 5.74) is 1.24. The lowest BCUT2D eigenvalue weighted by Gasteiger charge is -2.46. The first kappa shape index (κ1) is 13.5. The summed E-state index contributed by atoms with van der Waals surface area (Å²) in [5, 5.41) is 0. The average Bonchev–Trinajstić information content (AvgIpc) is 2.46. The number of hydrogen-bond acceptors (Lipinski definition) is 5. The molecular formula is C14H20N4O2. The molecule has 0 bridgehead atoms. The highest BCUT2D eigenvalue weighted by Crippen LogP contribution is 2.23. The lowest BCUT2D eigenvalue weighted by Crippen LogP contribution is -2.60. The van der Waals surface area contributed by atoms with Crippen LogP contribution in [0.2, 0.25) is 0 Å². The van der Waals surface area contributed by atoms with Crippen LogP contribution in [0.15, 0.2) is 12.4 Å². The minimum Gasteiger partial charge on any atom is -0.374 e. The van der Waals surface area contributed by atoms with Gasteiger partial charge in [-0.25, -0.2) is 4.98 Å². The number of morpholine rings is 1. The highest BCUT2D eigenvalue weighted by molar-refractivity contribution is 5.92. The third-order valence-corrected chi connectivity index (χ3v) is 4.05. The molecule has 0 aliphatic carbocycles. The number of piperidine rings is 1. The summed E-state index contributed by atoms with van der Waals surface area (Å²) in [6.45, 7) is 4.98. The fourth-order valence-corrected chi connectivity index (χ4v) is 2.93. The minimum absolute atomic E-state index is 0.0360. The van der Waals surface area contributed by atoms with Gasteiger partial charge in [-0.15, -0.1) is 0 Å². The monoisotopic (exact) mass is 276 g/mol. The Labute approximate surface area is 118 Å². The van der Waals surface area contributed by atoms with Crippen LogP contribution in [0.25, 0.3) is 0 Å². The number of nitrogens with zero attached hydrogens (tertiary/aromatic N) is 4. The SMILES string of the molecule is Cc1cnc(C(=O)N2CCO[C@H]3CCN(C)C[C@H]32)cn1. The largest absolute Gasteiger partial charge is 0.374 e. The fourth-order valence-electron chi connectivity index (χ4n) is 2.93. The highest BCUT2D eigenvalue weighted by Gasteiger charge is 2.38. The Morgan fingerprint density at radius 1 is 1.35 bits per heavy atom. The number of carbonyl (C=O) groups is 1. The Morgan fingerprint density at radius 2 is 2.20 bits per heavy atom. The summed E-state index contributed by atoms with van der Waals surface area (Å²) >= 11 is 0. The van der Waals surface area contributed by atoms with Crippen molar-refractivity contribution in [1.82, 2.24) is 19.8 Å². The van der Waals surface area contributed by atoms with Gasteiger partial charge in [-0.1, -0.05) is 0 Å². The molecule has 0 spiro atoms. The van der Waals surface area contributed by atoms with Gasteiger partial charge in [-0.05, 0) is 20.4 Å². The number of likely N-dealkylation sites (tertiary alicyclic amines) is 1. The molecule has 1 aromatic rings. The molecule has 2 saturated heterocycles. The maximum absolute atomic E-state index is 12.6. The topological polar surface area (TPSA) is 58.6 Å².